The highest BCUT2D eigenvalue weighted by molar-refractivity contribution is 7.89. The topological polar surface area (TPSA) is 75.7 Å². The SMILES string of the molecule is CC(C)c1ccccc1OCC(=O)Nc1ccc(S(=O)(=O)N(C)C2CCCCC2)cc1. The second kappa shape index (κ2) is 10.3. The number of para-hydroxylation sites is 1. The Morgan fingerprint density at radius 1 is 1.06 bits per heavy atom. The van der Waals surface area contributed by atoms with Crippen molar-refractivity contribution in [3.63, 3.8) is 0 Å². The molecule has 0 aromatic heterocycles. The molecule has 1 N–H and O–H groups in total. The van der Waals surface area contributed by atoms with Crippen LogP contribution in [0.15, 0.2) is 53.4 Å². The van der Waals surface area contributed by atoms with Crippen molar-refractivity contribution in [1.29, 1.82) is 0 Å². The Morgan fingerprint density at radius 2 is 1.71 bits per heavy atom. The zero-order chi connectivity index (χ0) is 22.4. The minimum atomic E-state index is -3.55. The molecular weight excluding hydrogens is 412 g/mol. The Morgan fingerprint density at radius 3 is 2.35 bits per heavy atom. The highest BCUT2D eigenvalue weighted by atomic mass is 32.2. The molecule has 168 valence electrons. The lowest BCUT2D eigenvalue weighted by atomic mass is 9.96. The number of ether oxygens (including phenoxy) is 1. The van der Waals surface area contributed by atoms with Gasteiger partial charge in [0.2, 0.25) is 10.0 Å². The fourth-order valence-electron chi connectivity index (χ4n) is 3.95. The van der Waals surface area contributed by atoms with Crippen molar-refractivity contribution in [2.75, 3.05) is 19.0 Å². The Bertz CT molecular complexity index is 981. The zero-order valence-electron chi connectivity index (χ0n) is 18.5. The summed E-state index contributed by atoms with van der Waals surface area (Å²) in [6.45, 7) is 4.03. The molecule has 0 unspecified atom stereocenters. The van der Waals surface area contributed by atoms with E-state index >= 15 is 0 Å². The number of hydrogen-bond donors (Lipinski definition) is 1. The number of sulfonamides is 1. The summed E-state index contributed by atoms with van der Waals surface area (Å²) in [5, 5.41) is 2.76. The lowest BCUT2D eigenvalue weighted by Gasteiger charge is -2.30. The van der Waals surface area contributed by atoms with E-state index in [0.29, 0.717) is 17.4 Å². The van der Waals surface area contributed by atoms with Gasteiger partial charge in [-0.3, -0.25) is 4.79 Å². The molecule has 3 rings (SSSR count). The third-order valence-electron chi connectivity index (χ3n) is 5.80. The van der Waals surface area contributed by atoms with E-state index in [2.05, 4.69) is 19.2 Å². The number of amides is 1. The van der Waals surface area contributed by atoms with Crippen molar-refractivity contribution in [2.45, 2.75) is 62.8 Å². The lowest BCUT2D eigenvalue weighted by molar-refractivity contribution is -0.118. The van der Waals surface area contributed by atoms with Crippen LogP contribution in [-0.2, 0) is 14.8 Å². The number of hydrogen-bond acceptors (Lipinski definition) is 4. The Balaban J connectivity index is 1.59. The molecule has 2 aromatic carbocycles. The van der Waals surface area contributed by atoms with Crippen LogP contribution in [0.1, 0.15) is 57.4 Å². The van der Waals surface area contributed by atoms with Gasteiger partial charge in [-0.15, -0.1) is 0 Å². The predicted molar refractivity (Wildman–Crippen MR) is 123 cm³/mol. The van der Waals surface area contributed by atoms with Crippen molar-refractivity contribution in [3.05, 3.63) is 54.1 Å². The molecule has 7 heteroatoms. The summed E-state index contributed by atoms with van der Waals surface area (Å²) in [7, 11) is -1.89. The second-order valence-electron chi connectivity index (χ2n) is 8.37. The first-order valence-electron chi connectivity index (χ1n) is 10.9. The molecule has 0 spiro atoms. The summed E-state index contributed by atoms with van der Waals surface area (Å²) >= 11 is 0. The Labute approximate surface area is 185 Å². The number of nitrogens with one attached hydrogen (secondary N) is 1. The van der Waals surface area contributed by atoms with E-state index in [1.54, 1.807) is 31.3 Å². The van der Waals surface area contributed by atoms with Crippen LogP contribution in [0.5, 0.6) is 5.75 Å². The maximum Gasteiger partial charge on any atom is 0.262 e. The average molecular weight is 445 g/mol. The van der Waals surface area contributed by atoms with Gasteiger partial charge in [-0.2, -0.15) is 4.31 Å². The highest BCUT2D eigenvalue weighted by Crippen LogP contribution is 2.27. The first-order valence-corrected chi connectivity index (χ1v) is 12.3. The molecule has 1 amide bonds. The minimum absolute atomic E-state index is 0.0593. The second-order valence-corrected chi connectivity index (χ2v) is 10.4. The van der Waals surface area contributed by atoms with Gasteiger partial charge in [-0.1, -0.05) is 51.3 Å². The molecular formula is C24H32N2O4S. The normalized spacial score (nSPS) is 15.3. The Hall–Kier alpha value is -2.38. The van der Waals surface area contributed by atoms with E-state index in [-0.39, 0.29) is 23.5 Å². The van der Waals surface area contributed by atoms with Gasteiger partial charge < -0.3 is 10.1 Å². The maximum atomic E-state index is 12.9. The van der Waals surface area contributed by atoms with Crippen LogP contribution in [0.4, 0.5) is 5.69 Å². The quantitative estimate of drug-likeness (QED) is 0.636. The third kappa shape index (κ3) is 5.86. The molecule has 0 radical (unpaired) electrons. The van der Waals surface area contributed by atoms with Gasteiger partial charge in [0.1, 0.15) is 5.75 Å². The van der Waals surface area contributed by atoms with E-state index in [9.17, 15) is 13.2 Å². The number of benzene rings is 2. The summed E-state index contributed by atoms with van der Waals surface area (Å²) in [5.41, 5.74) is 1.58. The molecule has 0 saturated heterocycles. The number of rotatable bonds is 8. The lowest BCUT2D eigenvalue weighted by Crippen LogP contribution is -2.38. The number of nitrogens with zero attached hydrogens (tertiary/aromatic N) is 1. The molecule has 1 fully saturated rings. The molecule has 2 aromatic rings. The van der Waals surface area contributed by atoms with Crippen molar-refractivity contribution in [3.8, 4) is 5.75 Å². The van der Waals surface area contributed by atoms with Crippen molar-refractivity contribution in [1.82, 2.24) is 4.31 Å². The number of carbonyl (C=O) groups excluding carboxylic acids is 1. The smallest absolute Gasteiger partial charge is 0.262 e. The van der Waals surface area contributed by atoms with E-state index in [0.717, 1.165) is 31.2 Å². The zero-order valence-corrected chi connectivity index (χ0v) is 19.3. The van der Waals surface area contributed by atoms with Crippen LogP contribution in [0.25, 0.3) is 0 Å². The largest absolute Gasteiger partial charge is 0.483 e. The number of anilines is 1. The van der Waals surface area contributed by atoms with Gasteiger partial charge in [0.15, 0.2) is 6.61 Å². The van der Waals surface area contributed by atoms with Crippen LogP contribution in [-0.4, -0.2) is 38.3 Å². The molecule has 1 saturated carbocycles. The fourth-order valence-corrected chi connectivity index (χ4v) is 5.36. The van der Waals surface area contributed by atoms with E-state index in [4.69, 9.17) is 4.74 Å². The summed E-state index contributed by atoms with van der Waals surface area (Å²) < 4.78 is 33.1. The third-order valence-corrected chi connectivity index (χ3v) is 7.73. The van der Waals surface area contributed by atoms with Crippen LogP contribution in [0, 0.1) is 0 Å². The first kappa shape index (κ1) is 23.3. The van der Waals surface area contributed by atoms with Gasteiger partial charge in [-0.25, -0.2) is 8.42 Å². The summed E-state index contributed by atoms with van der Waals surface area (Å²) in [4.78, 5) is 12.5. The molecule has 31 heavy (non-hydrogen) atoms. The first-order chi connectivity index (χ1) is 14.8. The van der Waals surface area contributed by atoms with E-state index in [1.807, 2.05) is 24.3 Å². The van der Waals surface area contributed by atoms with Gasteiger partial charge in [0, 0.05) is 18.8 Å². The Kier molecular flexibility index (Phi) is 7.73. The van der Waals surface area contributed by atoms with E-state index in [1.165, 1.54) is 10.7 Å². The molecule has 0 aliphatic heterocycles. The van der Waals surface area contributed by atoms with Crippen LogP contribution < -0.4 is 10.1 Å². The summed E-state index contributed by atoms with van der Waals surface area (Å²) in [6, 6.07) is 14.0. The molecule has 1 aliphatic carbocycles. The molecule has 0 atom stereocenters. The minimum Gasteiger partial charge on any atom is -0.483 e. The van der Waals surface area contributed by atoms with Crippen molar-refractivity contribution in [2.24, 2.45) is 0 Å². The van der Waals surface area contributed by atoms with Crippen LogP contribution >= 0.6 is 0 Å². The van der Waals surface area contributed by atoms with Crippen molar-refractivity contribution < 1.29 is 17.9 Å². The van der Waals surface area contributed by atoms with Gasteiger partial charge in [-0.05, 0) is 54.7 Å². The molecule has 6 nitrogen and oxygen atoms in total. The molecule has 0 heterocycles. The maximum absolute atomic E-state index is 12.9. The summed E-state index contributed by atoms with van der Waals surface area (Å²) in [6.07, 6.45) is 5.12. The van der Waals surface area contributed by atoms with Gasteiger partial charge >= 0.3 is 0 Å². The monoisotopic (exact) mass is 444 g/mol. The summed E-state index contributed by atoms with van der Waals surface area (Å²) in [5.74, 6) is 0.689. The average Bonchev–Trinajstić information content (AvgIpc) is 2.78. The number of carbonyl (C=O) groups is 1. The predicted octanol–water partition coefficient (Wildman–Crippen LogP) is 4.78. The molecule has 1 aliphatic rings. The fraction of sp³-hybridized carbons (Fsp3) is 0.458. The van der Waals surface area contributed by atoms with Gasteiger partial charge in [0.05, 0.1) is 4.90 Å². The van der Waals surface area contributed by atoms with Crippen molar-refractivity contribution >= 4 is 21.6 Å². The highest BCUT2D eigenvalue weighted by Gasteiger charge is 2.28. The van der Waals surface area contributed by atoms with Crippen LogP contribution in [0.2, 0.25) is 0 Å². The van der Waals surface area contributed by atoms with Crippen LogP contribution in [0.3, 0.4) is 0 Å². The standard InChI is InChI=1S/C24H32N2O4S/c1-18(2)22-11-7-8-12-23(22)30-17-24(27)25-19-13-15-21(16-14-19)31(28,29)26(3)20-9-5-4-6-10-20/h7-8,11-16,18,20H,4-6,9-10,17H2,1-3H3,(H,25,27). The molecule has 0 bridgehead atoms. The van der Waals surface area contributed by atoms with Gasteiger partial charge in [0.25, 0.3) is 5.91 Å². The van der Waals surface area contributed by atoms with E-state index < -0.39 is 10.0 Å².